The van der Waals surface area contributed by atoms with Crippen LogP contribution in [0.4, 0.5) is 0 Å². The lowest BCUT2D eigenvalue weighted by atomic mass is 10.0. The number of rotatable bonds is 4. The van der Waals surface area contributed by atoms with E-state index in [1.807, 2.05) is 6.07 Å². The fourth-order valence-corrected chi connectivity index (χ4v) is 7.99. The second kappa shape index (κ2) is 10.8. The van der Waals surface area contributed by atoms with E-state index < -0.39 is 0 Å². The van der Waals surface area contributed by atoms with Gasteiger partial charge in [0.2, 0.25) is 0 Å². The minimum absolute atomic E-state index is 0.915. The van der Waals surface area contributed by atoms with Crippen LogP contribution in [0.5, 0.6) is 0 Å². The lowest BCUT2D eigenvalue weighted by Crippen LogP contribution is -2.00. The predicted molar refractivity (Wildman–Crippen MR) is 210 cm³/mol. The molecule has 0 aliphatic heterocycles. The van der Waals surface area contributed by atoms with E-state index in [-0.39, 0.29) is 0 Å². The summed E-state index contributed by atoms with van der Waals surface area (Å²) in [6.07, 6.45) is 0. The van der Waals surface area contributed by atoms with Crippen molar-refractivity contribution in [2.75, 3.05) is 0 Å². The number of imidazole rings is 2. The zero-order valence-electron chi connectivity index (χ0n) is 27.5. The van der Waals surface area contributed by atoms with Crippen molar-refractivity contribution in [3.63, 3.8) is 0 Å². The summed E-state index contributed by atoms with van der Waals surface area (Å²) in [7, 11) is 0. The lowest BCUT2D eigenvalue weighted by molar-refractivity contribution is 1.09. The van der Waals surface area contributed by atoms with Gasteiger partial charge >= 0.3 is 0 Å². The summed E-state index contributed by atoms with van der Waals surface area (Å²) in [5.74, 6) is 0.915. The Labute approximate surface area is 292 Å². The Bertz CT molecular complexity index is 3110. The van der Waals surface area contributed by atoms with E-state index in [4.69, 9.17) is 9.97 Å². The molecule has 4 aromatic heterocycles. The van der Waals surface area contributed by atoms with E-state index in [9.17, 15) is 0 Å². The van der Waals surface area contributed by atoms with Crippen molar-refractivity contribution >= 4 is 60.4 Å². The topological polar surface area (TPSA) is 40.0 Å². The Balaban J connectivity index is 1.20. The van der Waals surface area contributed by atoms with Crippen LogP contribution >= 0.6 is 0 Å². The zero-order chi connectivity index (χ0) is 33.5. The van der Waals surface area contributed by atoms with Crippen molar-refractivity contribution in [2.45, 2.75) is 0 Å². The SMILES string of the molecule is c1ccc(-c2cccc3c2nc2ccc4c5c6ccccc6ccc5n(-c5ccc(-c6nc7ccccc7n6-c6ccccc6)cc5)c4n23)cc1. The Hall–Kier alpha value is -6.98. The number of pyridine rings is 1. The van der Waals surface area contributed by atoms with Crippen molar-refractivity contribution in [2.24, 2.45) is 0 Å². The average molecular weight is 652 g/mol. The summed E-state index contributed by atoms with van der Waals surface area (Å²) >= 11 is 0. The molecule has 4 heterocycles. The van der Waals surface area contributed by atoms with Crippen LogP contribution in [0.3, 0.4) is 0 Å². The van der Waals surface area contributed by atoms with E-state index in [2.05, 4.69) is 183 Å². The Morgan fingerprint density at radius 3 is 2.00 bits per heavy atom. The van der Waals surface area contributed by atoms with E-state index >= 15 is 0 Å². The molecule has 0 aliphatic carbocycles. The number of benzene rings is 7. The van der Waals surface area contributed by atoms with Gasteiger partial charge in [-0.2, -0.15) is 0 Å². The van der Waals surface area contributed by atoms with Crippen LogP contribution < -0.4 is 0 Å². The molecule has 51 heavy (non-hydrogen) atoms. The van der Waals surface area contributed by atoms with E-state index in [1.54, 1.807) is 0 Å². The molecule has 7 aromatic carbocycles. The molecule has 5 heteroatoms. The molecule has 0 unspecified atom stereocenters. The van der Waals surface area contributed by atoms with Gasteiger partial charge in [-0.25, -0.2) is 9.97 Å². The first-order chi connectivity index (χ1) is 25.3. The molecule has 0 radical (unpaired) electrons. The second-order valence-electron chi connectivity index (χ2n) is 13.1. The molecule has 0 saturated heterocycles. The summed E-state index contributed by atoms with van der Waals surface area (Å²) in [6.45, 7) is 0. The molecule has 0 amide bonds. The van der Waals surface area contributed by atoms with Crippen molar-refractivity contribution in [3.05, 3.63) is 176 Å². The predicted octanol–water partition coefficient (Wildman–Crippen LogP) is 11.4. The van der Waals surface area contributed by atoms with E-state index in [0.717, 1.165) is 72.8 Å². The molecule has 0 spiro atoms. The maximum atomic E-state index is 5.26. The van der Waals surface area contributed by atoms with Gasteiger partial charge in [-0.05, 0) is 89.1 Å². The fraction of sp³-hybridized carbons (Fsp3) is 0. The third-order valence-corrected chi connectivity index (χ3v) is 10.2. The molecule has 11 aromatic rings. The molecular weight excluding hydrogens is 623 g/mol. The standard InChI is InChI=1S/C46H29N5/c1-3-12-30(13-4-1)36-18-11-21-41-44(36)48-42-29-27-37-43-35-17-8-7-14-31(35)24-28-40(43)50(46(37)51(41)42)34-25-22-32(23-26-34)45-47-38-19-9-10-20-39(38)49(45)33-15-5-2-6-16-33/h1-29H. The number of hydrogen-bond acceptors (Lipinski definition) is 2. The van der Waals surface area contributed by atoms with Crippen LogP contribution in [0, 0.1) is 0 Å². The van der Waals surface area contributed by atoms with Crippen molar-refractivity contribution in [1.82, 2.24) is 23.5 Å². The smallest absolute Gasteiger partial charge is 0.145 e. The van der Waals surface area contributed by atoms with Gasteiger partial charge in [0, 0.05) is 33.3 Å². The van der Waals surface area contributed by atoms with Crippen molar-refractivity contribution in [1.29, 1.82) is 0 Å². The highest BCUT2D eigenvalue weighted by molar-refractivity contribution is 6.21. The molecular formula is C46H29N5. The molecule has 11 rings (SSSR count). The maximum Gasteiger partial charge on any atom is 0.145 e. The number of hydrogen-bond donors (Lipinski definition) is 0. The molecule has 238 valence electrons. The minimum Gasteiger partial charge on any atom is -0.295 e. The Morgan fingerprint density at radius 2 is 1.14 bits per heavy atom. The first-order valence-electron chi connectivity index (χ1n) is 17.3. The molecule has 0 bridgehead atoms. The summed E-state index contributed by atoms with van der Waals surface area (Å²) < 4.78 is 7.00. The average Bonchev–Trinajstić information content (AvgIpc) is 3.88. The van der Waals surface area contributed by atoms with Crippen LogP contribution in [-0.4, -0.2) is 23.5 Å². The van der Waals surface area contributed by atoms with Gasteiger partial charge < -0.3 is 0 Å². The van der Waals surface area contributed by atoms with Gasteiger partial charge in [-0.3, -0.25) is 13.5 Å². The number of fused-ring (bicyclic) bond motifs is 10. The summed E-state index contributed by atoms with van der Waals surface area (Å²) in [4.78, 5) is 10.4. The molecule has 5 nitrogen and oxygen atoms in total. The highest BCUT2D eigenvalue weighted by Crippen LogP contribution is 2.40. The first kappa shape index (κ1) is 27.9. The van der Waals surface area contributed by atoms with Crippen LogP contribution in [-0.2, 0) is 0 Å². The van der Waals surface area contributed by atoms with Crippen LogP contribution in [0.25, 0.3) is 94.3 Å². The quantitative estimate of drug-likeness (QED) is 0.190. The Morgan fingerprint density at radius 1 is 0.412 bits per heavy atom. The Kier molecular flexibility index (Phi) is 5.89. The van der Waals surface area contributed by atoms with E-state index in [0.29, 0.717) is 0 Å². The highest BCUT2D eigenvalue weighted by Gasteiger charge is 2.21. The minimum atomic E-state index is 0.915. The summed E-state index contributed by atoms with van der Waals surface area (Å²) in [5, 5.41) is 4.89. The molecule has 0 aliphatic rings. The van der Waals surface area contributed by atoms with E-state index in [1.165, 1.54) is 21.5 Å². The molecule has 0 N–H and O–H groups in total. The third-order valence-electron chi connectivity index (χ3n) is 10.2. The molecule has 0 saturated carbocycles. The maximum absolute atomic E-state index is 5.26. The third kappa shape index (κ3) is 4.09. The summed E-state index contributed by atoms with van der Waals surface area (Å²) in [5.41, 5.74) is 12.8. The zero-order valence-corrected chi connectivity index (χ0v) is 27.5. The first-order valence-corrected chi connectivity index (χ1v) is 17.3. The van der Waals surface area contributed by atoms with Gasteiger partial charge in [0.05, 0.1) is 27.6 Å². The van der Waals surface area contributed by atoms with Gasteiger partial charge in [0.15, 0.2) is 0 Å². The van der Waals surface area contributed by atoms with Gasteiger partial charge in [0.25, 0.3) is 0 Å². The van der Waals surface area contributed by atoms with Crippen LogP contribution in [0.1, 0.15) is 0 Å². The van der Waals surface area contributed by atoms with Crippen LogP contribution in [0.15, 0.2) is 176 Å². The van der Waals surface area contributed by atoms with Crippen LogP contribution in [0.2, 0.25) is 0 Å². The van der Waals surface area contributed by atoms with Crippen molar-refractivity contribution < 1.29 is 0 Å². The number of nitrogens with zero attached hydrogens (tertiary/aromatic N) is 5. The highest BCUT2D eigenvalue weighted by atomic mass is 15.1. The van der Waals surface area contributed by atoms with Gasteiger partial charge in [-0.1, -0.05) is 103 Å². The summed E-state index contributed by atoms with van der Waals surface area (Å²) in [6, 6.07) is 62.3. The molecule has 0 atom stereocenters. The largest absolute Gasteiger partial charge is 0.295 e. The van der Waals surface area contributed by atoms with Crippen molar-refractivity contribution in [3.8, 4) is 33.9 Å². The van der Waals surface area contributed by atoms with Gasteiger partial charge in [0.1, 0.15) is 17.1 Å². The number of para-hydroxylation sites is 4. The normalized spacial score (nSPS) is 11.9. The van der Waals surface area contributed by atoms with Gasteiger partial charge in [-0.15, -0.1) is 0 Å². The fourth-order valence-electron chi connectivity index (χ4n) is 7.99. The second-order valence-corrected chi connectivity index (χ2v) is 13.1. The lowest BCUT2D eigenvalue weighted by Gasteiger charge is -2.12. The molecule has 0 fully saturated rings. The number of aromatic nitrogens is 5. The monoisotopic (exact) mass is 651 g/mol.